The van der Waals surface area contributed by atoms with Crippen LogP contribution in [0.25, 0.3) is 0 Å². The molecule has 2 aromatic carbocycles. The highest BCUT2D eigenvalue weighted by Gasteiger charge is 2.36. The van der Waals surface area contributed by atoms with Crippen molar-refractivity contribution in [2.75, 3.05) is 11.4 Å². The van der Waals surface area contributed by atoms with Gasteiger partial charge in [0.15, 0.2) is 0 Å². The Morgan fingerprint density at radius 1 is 1.03 bits per heavy atom. The van der Waals surface area contributed by atoms with Gasteiger partial charge in [0.05, 0.1) is 5.69 Å². The minimum atomic E-state index is 0.147. The predicted molar refractivity (Wildman–Crippen MR) is 131 cm³/mol. The van der Waals surface area contributed by atoms with E-state index in [4.69, 9.17) is 0 Å². The molecule has 0 aromatic heterocycles. The lowest BCUT2D eigenvalue weighted by Gasteiger charge is -2.41. The maximum atomic E-state index is 12.6. The van der Waals surface area contributed by atoms with Crippen LogP contribution in [0, 0.1) is 5.41 Å². The number of nitrogens with zero attached hydrogens (tertiary/aromatic N) is 1. The molecule has 0 N–H and O–H groups in total. The van der Waals surface area contributed by atoms with Crippen molar-refractivity contribution in [2.24, 2.45) is 5.41 Å². The molecule has 0 saturated heterocycles. The molecule has 1 atom stereocenters. The Hall–Kier alpha value is -2.61. The molecular formula is C29H35NO. The van der Waals surface area contributed by atoms with Gasteiger partial charge in [-0.25, -0.2) is 0 Å². The fraction of sp³-hybridized carbons (Fsp3) is 0.414. The van der Waals surface area contributed by atoms with Crippen LogP contribution in [0.4, 0.5) is 5.69 Å². The van der Waals surface area contributed by atoms with Crippen LogP contribution in [0.1, 0.15) is 75.1 Å². The third-order valence-corrected chi connectivity index (χ3v) is 6.71. The van der Waals surface area contributed by atoms with E-state index in [-0.39, 0.29) is 11.3 Å². The number of carbonyl (C=O) groups excluding carboxylic acids is 1. The number of hydrogen-bond donors (Lipinski definition) is 0. The number of fused-ring (bicyclic) bond motifs is 1. The Morgan fingerprint density at radius 2 is 1.81 bits per heavy atom. The van der Waals surface area contributed by atoms with Gasteiger partial charge in [-0.1, -0.05) is 81.5 Å². The molecule has 2 aromatic rings. The molecule has 31 heavy (non-hydrogen) atoms. The van der Waals surface area contributed by atoms with Crippen molar-refractivity contribution in [3.05, 3.63) is 88.5 Å². The Kier molecular flexibility index (Phi) is 6.18. The number of amides is 1. The smallest absolute Gasteiger partial charge is 0.223 e. The van der Waals surface area contributed by atoms with Crippen molar-refractivity contribution in [2.45, 2.75) is 65.7 Å². The zero-order chi connectivity index (χ0) is 22.0. The van der Waals surface area contributed by atoms with Gasteiger partial charge in [0.1, 0.15) is 0 Å². The van der Waals surface area contributed by atoms with Crippen molar-refractivity contribution >= 4 is 11.6 Å². The van der Waals surface area contributed by atoms with E-state index in [1.165, 1.54) is 33.5 Å². The second-order valence-corrected chi connectivity index (χ2v) is 10.2. The maximum Gasteiger partial charge on any atom is 0.223 e. The fourth-order valence-corrected chi connectivity index (χ4v) is 5.21. The van der Waals surface area contributed by atoms with E-state index in [9.17, 15) is 4.79 Å². The predicted octanol–water partition coefficient (Wildman–Crippen LogP) is 6.98. The Bertz CT molecular complexity index is 1010. The second-order valence-electron chi connectivity index (χ2n) is 10.2. The van der Waals surface area contributed by atoms with E-state index in [2.05, 4.69) is 81.5 Å². The minimum absolute atomic E-state index is 0.147. The molecule has 1 unspecified atom stereocenters. The highest BCUT2D eigenvalue weighted by atomic mass is 16.2. The zero-order valence-corrected chi connectivity index (χ0v) is 19.4. The highest BCUT2D eigenvalue weighted by Crippen LogP contribution is 2.47. The number of allylic oxidation sites excluding steroid dienone is 4. The maximum absolute atomic E-state index is 12.6. The van der Waals surface area contributed by atoms with Crippen LogP contribution in [0.2, 0.25) is 0 Å². The Labute approximate surface area is 187 Å². The van der Waals surface area contributed by atoms with Crippen LogP contribution >= 0.6 is 0 Å². The van der Waals surface area contributed by atoms with E-state index in [0.717, 1.165) is 38.6 Å². The average molecular weight is 414 g/mol. The number of carbonyl (C=O) groups is 1. The lowest BCUT2D eigenvalue weighted by atomic mass is 9.71. The van der Waals surface area contributed by atoms with Gasteiger partial charge < -0.3 is 4.90 Å². The summed E-state index contributed by atoms with van der Waals surface area (Å²) in [6, 6.07) is 15.4. The van der Waals surface area contributed by atoms with Gasteiger partial charge in [0, 0.05) is 13.5 Å². The topological polar surface area (TPSA) is 20.3 Å². The molecular weight excluding hydrogens is 378 g/mol. The van der Waals surface area contributed by atoms with Crippen molar-refractivity contribution in [1.82, 2.24) is 0 Å². The van der Waals surface area contributed by atoms with Crippen molar-refractivity contribution < 1.29 is 4.79 Å². The van der Waals surface area contributed by atoms with Crippen molar-refractivity contribution in [3.63, 3.8) is 0 Å². The molecule has 0 spiro atoms. The summed E-state index contributed by atoms with van der Waals surface area (Å²) in [6.45, 7) is 9.51. The van der Waals surface area contributed by atoms with Crippen LogP contribution in [-0.2, 0) is 17.6 Å². The van der Waals surface area contributed by atoms with Gasteiger partial charge in [-0.05, 0) is 71.3 Å². The van der Waals surface area contributed by atoms with Crippen molar-refractivity contribution in [3.8, 4) is 0 Å². The molecule has 1 aliphatic heterocycles. The minimum Gasteiger partial charge on any atom is -0.312 e. The van der Waals surface area contributed by atoms with Gasteiger partial charge in [0.25, 0.3) is 0 Å². The molecule has 0 bridgehead atoms. The lowest BCUT2D eigenvalue weighted by Crippen LogP contribution is -2.38. The summed E-state index contributed by atoms with van der Waals surface area (Å²) in [7, 11) is 0. The molecule has 4 rings (SSSR count). The molecule has 2 aliphatic rings. The molecule has 1 amide bonds. The summed E-state index contributed by atoms with van der Waals surface area (Å²) in [5, 5.41) is 0. The summed E-state index contributed by atoms with van der Waals surface area (Å²) in [4.78, 5) is 14.7. The Morgan fingerprint density at radius 3 is 2.45 bits per heavy atom. The zero-order valence-electron chi connectivity index (χ0n) is 19.4. The van der Waals surface area contributed by atoms with Gasteiger partial charge in [-0.15, -0.1) is 0 Å². The third kappa shape index (κ3) is 4.84. The van der Waals surface area contributed by atoms with Gasteiger partial charge in [-0.3, -0.25) is 4.79 Å². The van der Waals surface area contributed by atoms with E-state index < -0.39 is 0 Å². The number of anilines is 1. The molecule has 2 heteroatoms. The standard InChI is InChI=1S/C29H35NO/c1-21(31)30-16-15-27(29(2,3)4)26-20-24(17-22-11-7-5-8-12-22)19-25(28(26)30)18-23-13-9-6-10-14-23/h6-7,9-14,19-20,27H,5,8,15-18H2,1-4H3. The van der Waals surface area contributed by atoms with E-state index in [0.29, 0.717) is 5.92 Å². The first-order valence-corrected chi connectivity index (χ1v) is 11.7. The monoisotopic (exact) mass is 413 g/mol. The average Bonchev–Trinajstić information content (AvgIpc) is 2.73. The number of rotatable bonds is 4. The first kappa shape index (κ1) is 21.6. The first-order chi connectivity index (χ1) is 14.8. The van der Waals surface area contributed by atoms with Gasteiger partial charge in [-0.2, -0.15) is 0 Å². The SMILES string of the molecule is CC(=O)N1CCC(C(C)(C)C)c2cc(CC3=CCCC=C3)cc(Cc3ccccc3)c21. The summed E-state index contributed by atoms with van der Waals surface area (Å²) >= 11 is 0. The van der Waals surface area contributed by atoms with E-state index in [1.54, 1.807) is 6.92 Å². The lowest BCUT2D eigenvalue weighted by molar-refractivity contribution is -0.116. The Balaban J connectivity index is 1.85. The van der Waals surface area contributed by atoms with Crippen LogP contribution < -0.4 is 4.90 Å². The van der Waals surface area contributed by atoms with Crippen LogP contribution in [0.5, 0.6) is 0 Å². The van der Waals surface area contributed by atoms with Crippen LogP contribution in [-0.4, -0.2) is 12.5 Å². The fourth-order valence-electron chi connectivity index (χ4n) is 5.21. The van der Waals surface area contributed by atoms with E-state index in [1.807, 2.05) is 4.90 Å². The summed E-state index contributed by atoms with van der Waals surface area (Å²) in [5.41, 5.74) is 8.02. The molecule has 0 radical (unpaired) electrons. The first-order valence-electron chi connectivity index (χ1n) is 11.7. The summed E-state index contributed by atoms with van der Waals surface area (Å²) in [5.74, 6) is 0.594. The quantitative estimate of drug-likeness (QED) is 0.529. The van der Waals surface area contributed by atoms with Crippen molar-refractivity contribution in [1.29, 1.82) is 0 Å². The summed E-state index contributed by atoms with van der Waals surface area (Å²) < 4.78 is 0. The number of benzene rings is 2. The molecule has 2 nitrogen and oxygen atoms in total. The highest BCUT2D eigenvalue weighted by molar-refractivity contribution is 5.94. The number of hydrogen-bond acceptors (Lipinski definition) is 1. The molecule has 0 saturated carbocycles. The third-order valence-electron chi connectivity index (χ3n) is 6.71. The van der Waals surface area contributed by atoms with Crippen LogP contribution in [0.3, 0.4) is 0 Å². The van der Waals surface area contributed by atoms with Gasteiger partial charge in [0.2, 0.25) is 5.91 Å². The molecule has 162 valence electrons. The summed E-state index contributed by atoms with van der Waals surface area (Å²) in [6.07, 6.45) is 12.1. The van der Waals surface area contributed by atoms with Crippen LogP contribution in [0.15, 0.2) is 66.3 Å². The molecule has 0 fully saturated rings. The largest absolute Gasteiger partial charge is 0.312 e. The van der Waals surface area contributed by atoms with Gasteiger partial charge >= 0.3 is 0 Å². The molecule has 1 heterocycles. The molecule has 1 aliphatic carbocycles. The normalized spacial score (nSPS) is 18.5. The second kappa shape index (κ2) is 8.86. The van der Waals surface area contributed by atoms with E-state index >= 15 is 0 Å².